The van der Waals surface area contributed by atoms with E-state index < -0.39 is 13.2 Å². The lowest BCUT2D eigenvalue weighted by Gasteiger charge is -2.22. The van der Waals surface area contributed by atoms with Crippen molar-refractivity contribution in [1.29, 1.82) is 0 Å². The Balaban J connectivity index is 3.07. The minimum Gasteiger partial charge on any atom is -0.383 e. The summed E-state index contributed by atoms with van der Waals surface area (Å²) in [7, 11) is -3.11. The van der Waals surface area contributed by atoms with Gasteiger partial charge in [0, 0.05) is 5.30 Å². The van der Waals surface area contributed by atoms with Crippen molar-refractivity contribution >= 4 is 12.7 Å². The molecular weight excluding hydrogens is 211 g/mol. The van der Waals surface area contributed by atoms with Gasteiger partial charge in [-0.1, -0.05) is 25.1 Å². The van der Waals surface area contributed by atoms with Gasteiger partial charge in [-0.15, -0.1) is 0 Å². The summed E-state index contributed by atoms with van der Waals surface area (Å²) in [5.41, 5.74) is 0. The van der Waals surface area contributed by atoms with Gasteiger partial charge in [0.2, 0.25) is 0 Å². The van der Waals surface area contributed by atoms with E-state index in [1.54, 1.807) is 38.1 Å². The van der Waals surface area contributed by atoms with Crippen LogP contribution in [0.15, 0.2) is 30.3 Å². The average Bonchev–Trinajstić information content (AvgIpc) is 2.29. The van der Waals surface area contributed by atoms with E-state index in [-0.39, 0.29) is 0 Å². The van der Waals surface area contributed by atoms with Crippen LogP contribution in [0.25, 0.3) is 0 Å². The highest BCUT2D eigenvalue weighted by Gasteiger charge is 2.33. The summed E-state index contributed by atoms with van der Waals surface area (Å²) in [6, 6.07) is 8.90. The van der Waals surface area contributed by atoms with Crippen LogP contribution in [0, 0.1) is 0 Å². The molecule has 1 aromatic carbocycles. The predicted molar refractivity (Wildman–Crippen MR) is 61.6 cm³/mol. The fraction of sp³-hybridized carbons (Fsp3) is 0.455. The summed E-state index contributed by atoms with van der Waals surface area (Å²) in [5.74, 6) is -0.917. The number of rotatable bonds is 5. The normalized spacial score (nSPS) is 17.0. The lowest BCUT2D eigenvalue weighted by molar-refractivity contribution is 0.211. The van der Waals surface area contributed by atoms with Gasteiger partial charge in [-0.3, -0.25) is 4.57 Å². The van der Waals surface area contributed by atoms with Crippen LogP contribution in [0.2, 0.25) is 0 Å². The Morgan fingerprint density at radius 1 is 1.33 bits per heavy atom. The minimum absolute atomic E-state index is 0.337. The highest BCUT2D eigenvalue weighted by Crippen LogP contribution is 2.50. The Kier molecular flexibility index (Phi) is 4.52. The molecule has 0 aliphatic rings. The Labute approximate surface area is 90.5 Å². The summed E-state index contributed by atoms with van der Waals surface area (Å²) in [6.45, 7) is 3.90. The number of hydrogen-bond acceptors (Lipinski definition) is 3. The molecule has 3 nitrogen and oxygen atoms in total. The molecule has 0 radical (unpaired) electrons. The van der Waals surface area contributed by atoms with Gasteiger partial charge in [0.05, 0.1) is 6.61 Å². The highest BCUT2D eigenvalue weighted by atomic mass is 31.2. The molecule has 0 saturated carbocycles. The summed E-state index contributed by atoms with van der Waals surface area (Å²) in [5, 5.41) is 10.4. The zero-order chi connectivity index (χ0) is 11.3. The zero-order valence-corrected chi connectivity index (χ0v) is 9.98. The molecule has 0 aromatic heterocycles. The van der Waals surface area contributed by atoms with E-state index in [0.717, 1.165) is 0 Å². The van der Waals surface area contributed by atoms with Crippen LogP contribution in [0.5, 0.6) is 0 Å². The number of aliphatic hydroxyl groups is 1. The van der Waals surface area contributed by atoms with Gasteiger partial charge in [0.1, 0.15) is 5.85 Å². The quantitative estimate of drug-likeness (QED) is 0.787. The van der Waals surface area contributed by atoms with Gasteiger partial charge in [-0.25, -0.2) is 0 Å². The van der Waals surface area contributed by atoms with E-state index in [9.17, 15) is 9.67 Å². The maximum absolute atomic E-state index is 12.5. The third kappa shape index (κ3) is 2.69. The van der Waals surface area contributed by atoms with Crippen LogP contribution >= 0.6 is 7.37 Å². The molecule has 0 saturated heterocycles. The fourth-order valence-electron chi connectivity index (χ4n) is 1.40. The SMILES string of the molecule is CCOP(=O)(c1ccccc1)[C@H](O)CC. The molecular formula is C11H17O3P. The molecule has 1 rings (SSSR count). The van der Waals surface area contributed by atoms with E-state index in [1.165, 1.54) is 0 Å². The van der Waals surface area contributed by atoms with E-state index >= 15 is 0 Å². The first kappa shape index (κ1) is 12.4. The van der Waals surface area contributed by atoms with E-state index in [4.69, 9.17) is 4.52 Å². The third-order valence-electron chi connectivity index (χ3n) is 2.19. The van der Waals surface area contributed by atoms with Gasteiger partial charge in [-0.05, 0) is 25.5 Å². The molecule has 0 aliphatic heterocycles. The smallest absolute Gasteiger partial charge is 0.259 e. The average molecular weight is 228 g/mol. The minimum atomic E-state index is -3.11. The summed E-state index contributed by atoms with van der Waals surface area (Å²) in [6.07, 6.45) is 0.423. The van der Waals surface area contributed by atoms with Crippen LogP contribution in [0.3, 0.4) is 0 Å². The molecule has 1 aromatic rings. The second kappa shape index (κ2) is 5.45. The highest BCUT2D eigenvalue weighted by molar-refractivity contribution is 7.67. The van der Waals surface area contributed by atoms with Crippen molar-refractivity contribution in [2.24, 2.45) is 0 Å². The van der Waals surface area contributed by atoms with Crippen molar-refractivity contribution < 1.29 is 14.2 Å². The molecule has 4 heteroatoms. The van der Waals surface area contributed by atoms with Gasteiger partial charge in [0.15, 0.2) is 0 Å². The molecule has 0 heterocycles. The monoisotopic (exact) mass is 228 g/mol. The van der Waals surface area contributed by atoms with Crippen LogP contribution < -0.4 is 5.30 Å². The molecule has 0 aliphatic carbocycles. The van der Waals surface area contributed by atoms with Crippen LogP contribution in [0.1, 0.15) is 20.3 Å². The summed E-state index contributed by atoms with van der Waals surface area (Å²) < 4.78 is 17.7. The molecule has 0 fully saturated rings. The van der Waals surface area contributed by atoms with Crippen molar-refractivity contribution in [3.63, 3.8) is 0 Å². The lowest BCUT2D eigenvalue weighted by atomic mass is 10.4. The fourth-order valence-corrected chi connectivity index (χ4v) is 3.52. The molecule has 1 unspecified atom stereocenters. The van der Waals surface area contributed by atoms with Crippen molar-refractivity contribution in [2.45, 2.75) is 26.1 Å². The molecule has 1 N–H and O–H groups in total. The molecule has 84 valence electrons. The van der Waals surface area contributed by atoms with Gasteiger partial charge >= 0.3 is 0 Å². The van der Waals surface area contributed by atoms with E-state index in [0.29, 0.717) is 18.3 Å². The van der Waals surface area contributed by atoms with Crippen molar-refractivity contribution in [3.8, 4) is 0 Å². The number of aliphatic hydroxyl groups excluding tert-OH is 1. The van der Waals surface area contributed by atoms with Gasteiger partial charge < -0.3 is 9.63 Å². The first-order chi connectivity index (χ1) is 7.15. The first-order valence-electron chi connectivity index (χ1n) is 5.13. The topological polar surface area (TPSA) is 46.5 Å². The predicted octanol–water partition coefficient (Wildman–Crippen LogP) is 2.35. The van der Waals surface area contributed by atoms with Crippen molar-refractivity contribution in [1.82, 2.24) is 0 Å². The Bertz CT molecular complexity index is 337. The van der Waals surface area contributed by atoms with Gasteiger partial charge in [-0.2, -0.15) is 0 Å². The molecule has 2 atom stereocenters. The summed E-state index contributed by atoms with van der Waals surface area (Å²) in [4.78, 5) is 0. The van der Waals surface area contributed by atoms with Crippen LogP contribution in [0.4, 0.5) is 0 Å². The second-order valence-corrected chi connectivity index (χ2v) is 5.80. The second-order valence-electron chi connectivity index (χ2n) is 3.24. The first-order valence-corrected chi connectivity index (χ1v) is 6.82. The standard InChI is InChI=1S/C11H17O3P/c1-3-11(12)15(13,14-4-2)10-8-6-5-7-9-10/h5-9,11-12H,3-4H2,1-2H3/t11-,15?/m0/s1. The Hall–Kier alpha value is -0.630. The zero-order valence-electron chi connectivity index (χ0n) is 9.09. The lowest BCUT2D eigenvalue weighted by Crippen LogP contribution is -2.18. The molecule has 0 bridgehead atoms. The van der Waals surface area contributed by atoms with Crippen LogP contribution in [-0.4, -0.2) is 17.6 Å². The largest absolute Gasteiger partial charge is 0.383 e. The molecule has 15 heavy (non-hydrogen) atoms. The third-order valence-corrected chi connectivity index (χ3v) is 5.00. The molecule has 0 amide bonds. The Morgan fingerprint density at radius 3 is 2.40 bits per heavy atom. The van der Waals surface area contributed by atoms with Gasteiger partial charge in [0.25, 0.3) is 7.37 Å². The van der Waals surface area contributed by atoms with Crippen molar-refractivity contribution in [2.75, 3.05) is 6.61 Å². The summed E-state index contributed by atoms with van der Waals surface area (Å²) >= 11 is 0. The maximum atomic E-state index is 12.5. The van der Waals surface area contributed by atoms with E-state index in [1.807, 2.05) is 6.07 Å². The number of benzene rings is 1. The molecule has 0 spiro atoms. The Morgan fingerprint density at radius 2 is 1.93 bits per heavy atom. The van der Waals surface area contributed by atoms with E-state index in [2.05, 4.69) is 0 Å². The van der Waals surface area contributed by atoms with Crippen molar-refractivity contribution in [3.05, 3.63) is 30.3 Å². The number of hydrogen-bond donors (Lipinski definition) is 1. The maximum Gasteiger partial charge on any atom is 0.259 e. The van der Waals surface area contributed by atoms with Crippen LogP contribution in [-0.2, 0) is 9.09 Å².